The molecule has 1 saturated carbocycles. The van der Waals surface area contributed by atoms with Crippen LogP contribution < -0.4 is 15.4 Å². The number of hydrogen-bond donors (Lipinski definition) is 2. The first kappa shape index (κ1) is 27.4. The lowest BCUT2D eigenvalue weighted by Gasteiger charge is -2.22. The maximum absolute atomic E-state index is 13.5. The van der Waals surface area contributed by atoms with Gasteiger partial charge in [-0.2, -0.15) is 0 Å². The highest BCUT2D eigenvalue weighted by molar-refractivity contribution is 7.14. The molecule has 0 spiro atoms. The van der Waals surface area contributed by atoms with Gasteiger partial charge in [-0.3, -0.25) is 14.4 Å². The van der Waals surface area contributed by atoms with Gasteiger partial charge in [0.15, 0.2) is 0 Å². The van der Waals surface area contributed by atoms with Gasteiger partial charge in [-0.25, -0.2) is 0 Å². The molecule has 1 aromatic heterocycles. The van der Waals surface area contributed by atoms with Crippen molar-refractivity contribution in [2.75, 3.05) is 25.5 Å². The van der Waals surface area contributed by atoms with Crippen LogP contribution in [0.3, 0.4) is 0 Å². The number of nitrogens with one attached hydrogen (secondary N) is 2. The smallest absolute Gasteiger partial charge is 0.261 e. The second-order valence-corrected chi connectivity index (χ2v) is 11.2. The van der Waals surface area contributed by atoms with Gasteiger partial charge in [-0.15, -0.1) is 11.3 Å². The van der Waals surface area contributed by atoms with Crippen molar-refractivity contribution in [1.82, 2.24) is 10.2 Å². The number of methoxy groups -OCH3 is 1. The van der Waals surface area contributed by atoms with Crippen LogP contribution in [0.15, 0.2) is 78.9 Å². The molecule has 5 rings (SSSR count). The molecule has 2 aromatic carbocycles. The number of amides is 3. The fourth-order valence-corrected chi connectivity index (χ4v) is 5.71. The molecule has 3 amide bonds. The molecule has 40 heavy (non-hydrogen) atoms. The molecule has 206 valence electrons. The van der Waals surface area contributed by atoms with Crippen molar-refractivity contribution in [1.29, 1.82) is 0 Å². The molecule has 1 unspecified atom stereocenters. The molecule has 2 aliphatic rings. The van der Waals surface area contributed by atoms with E-state index in [1.54, 1.807) is 67.0 Å². The summed E-state index contributed by atoms with van der Waals surface area (Å²) in [5.74, 6) is 0.529. The number of fused-ring (bicyclic) bond motifs is 1. The van der Waals surface area contributed by atoms with Crippen molar-refractivity contribution >= 4 is 34.7 Å². The van der Waals surface area contributed by atoms with Gasteiger partial charge in [0.05, 0.1) is 12.0 Å². The van der Waals surface area contributed by atoms with Crippen molar-refractivity contribution in [3.8, 4) is 5.75 Å². The number of allylic oxidation sites excluding steroid dienone is 3. The predicted molar refractivity (Wildman–Crippen MR) is 158 cm³/mol. The zero-order chi connectivity index (χ0) is 28.1. The maximum Gasteiger partial charge on any atom is 0.261 e. The summed E-state index contributed by atoms with van der Waals surface area (Å²) in [5, 5.41) is 5.95. The number of nitrogens with zero attached hydrogens (tertiary/aromatic N) is 1. The Labute approximate surface area is 238 Å². The van der Waals surface area contributed by atoms with Gasteiger partial charge in [0, 0.05) is 46.7 Å². The summed E-state index contributed by atoms with van der Waals surface area (Å²) in [5.41, 5.74) is 2.78. The Morgan fingerprint density at radius 1 is 0.950 bits per heavy atom. The summed E-state index contributed by atoms with van der Waals surface area (Å²) in [6.45, 7) is 3.14. The lowest BCUT2D eigenvalue weighted by Crippen LogP contribution is -2.33. The highest BCUT2D eigenvalue weighted by Crippen LogP contribution is 2.32. The van der Waals surface area contributed by atoms with Crippen LogP contribution in [0.5, 0.6) is 5.75 Å². The molecule has 1 atom stereocenters. The van der Waals surface area contributed by atoms with Gasteiger partial charge in [-0.1, -0.05) is 31.2 Å². The van der Waals surface area contributed by atoms with Crippen LogP contribution >= 0.6 is 11.3 Å². The van der Waals surface area contributed by atoms with E-state index in [0.717, 1.165) is 28.2 Å². The standard InChI is InChI=1S/C32H33N3O4S/c1-21-6-4-3-5-18-35(19-17-24-20-28(40-29(21)24)31(37)34-26-13-14-26)32(38)23-7-11-25(12-8-23)33-30(36)22-9-15-27(39-2)16-10-22/h3-12,15-16,20-21,26H,13-14,17-19H2,1-2H3,(H,33,36)(H,34,37)/b5-3-,6-4-. The third-order valence-corrected chi connectivity index (χ3v) is 8.42. The van der Waals surface area contributed by atoms with E-state index in [1.165, 1.54) is 0 Å². The van der Waals surface area contributed by atoms with E-state index < -0.39 is 0 Å². The Bertz CT molecular complexity index is 1440. The van der Waals surface area contributed by atoms with E-state index in [4.69, 9.17) is 4.74 Å². The SMILES string of the molecule is COc1ccc(C(=O)Nc2ccc(C(=O)N3C/C=C\C=C/C(C)c4sc(C(=O)NC5CC5)cc4CC3)cc2)cc1. The van der Waals surface area contributed by atoms with E-state index in [-0.39, 0.29) is 23.6 Å². The van der Waals surface area contributed by atoms with Crippen molar-refractivity contribution in [2.24, 2.45) is 0 Å². The van der Waals surface area contributed by atoms with Crippen molar-refractivity contribution < 1.29 is 19.1 Å². The van der Waals surface area contributed by atoms with E-state index in [0.29, 0.717) is 48.1 Å². The Kier molecular flexibility index (Phi) is 8.45. The summed E-state index contributed by atoms with van der Waals surface area (Å²) in [4.78, 5) is 42.5. The summed E-state index contributed by atoms with van der Waals surface area (Å²) < 4.78 is 5.14. The average molecular weight is 556 g/mol. The minimum atomic E-state index is -0.238. The largest absolute Gasteiger partial charge is 0.497 e. The van der Waals surface area contributed by atoms with E-state index >= 15 is 0 Å². The lowest BCUT2D eigenvalue weighted by atomic mass is 10.0. The lowest BCUT2D eigenvalue weighted by molar-refractivity contribution is 0.0775. The number of benzene rings is 2. The molecule has 0 saturated heterocycles. The van der Waals surface area contributed by atoms with Gasteiger partial charge in [-0.05, 0) is 79.4 Å². The summed E-state index contributed by atoms with van der Waals surface area (Å²) in [6, 6.07) is 16.1. The van der Waals surface area contributed by atoms with Crippen molar-refractivity contribution in [3.05, 3.63) is 105 Å². The van der Waals surface area contributed by atoms with Crippen LogP contribution in [0.25, 0.3) is 0 Å². The molecule has 0 radical (unpaired) electrons. The first-order valence-corrected chi connectivity index (χ1v) is 14.3. The van der Waals surface area contributed by atoms with Crippen LogP contribution in [-0.4, -0.2) is 48.9 Å². The Morgan fingerprint density at radius 3 is 2.38 bits per heavy atom. The minimum absolute atomic E-state index is 0.00438. The van der Waals surface area contributed by atoms with Gasteiger partial charge in [0.2, 0.25) is 0 Å². The molecule has 1 fully saturated rings. The quantitative estimate of drug-likeness (QED) is 0.402. The highest BCUT2D eigenvalue weighted by atomic mass is 32.1. The van der Waals surface area contributed by atoms with Crippen molar-refractivity contribution in [2.45, 2.75) is 38.1 Å². The van der Waals surface area contributed by atoms with Crippen LogP contribution in [0.1, 0.15) is 66.5 Å². The fourth-order valence-electron chi connectivity index (χ4n) is 4.56. The highest BCUT2D eigenvalue weighted by Gasteiger charge is 2.26. The molecule has 8 heteroatoms. The zero-order valence-electron chi connectivity index (χ0n) is 22.7. The molecule has 2 heterocycles. The van der Waals surface area contributed by atoms with Crippen LogP contribution in [0.2, 0.25) is 0 Å². The molecular weight excluding hydrogens is 522 g/mol. The van der Waals surface area contributed by atoms with Gasteiger partial charge in [0.25, 0.3) is 17.7 Å². The molecule has 2 N–H and O–H groups in total. The number of anilines is 1. The first-order chi connectivity index (χ1) is 19.4. The number of thiophene rings is 1. The second-order valence-electron chi connectivity index (χ2n) is 10.1. The Hall–Kier alpha value is -4.17. The van der Waals surface area contributed by atoms with Gasteiger partial charge < -0.3 is 20.3 Å². The normalized spacial score (nSPS) is 18.6. The second kappa shape index (κ2) is 12.3. The van der Waals surface area contributed by atoms with Gasteiger partial charge >= 0.3 is 0 Å². The monoisotopic (exact) mass is 555 g/mol. The number of carbonyl (C=O) groups excluding carboxylic acids is 3. The number of rotatable bonds is 6. The molecule has 3 aromatic rings. The average Bonchev–Trinajstić information content (AvgIpc) is 3.69. The zero-order valence-corrected chi connectivity index (χ0v) is 23.5. The van der Waals surface area contributed by atoms with Crippen molar-refractivity contribution in [3.63, 3.8) is 0 Å². The summed E-state index contributed by atoms with van der Waals surface area (Å²) in [7, 11) is 1.58. The first-order valence-electron chi connectivity index (χ1n) is 13.5. The Balaban J connectivity index is 1.27. The molecule has 0 bridgehead atoms. The van der Waals surface area contributed by atoms with Crippen LogP contribution in [0.4, 0.5) is 5.69 Å². The Morgan fingerprint density at radius 2 is 1.68 bits per heavy atom. The molecule has 1 aliphatic carbocycles. The van der Waals surface area contributed by atoms with Crippen LogP contribution in [0, 0.1) is 0 Å². The van der Waals surface area contributed by atoms with E-state index in [1.807, 2.05) is 29.2 Å². The molecule has 7 nitrogen and oxygen atoms in total. The summed E-state index contributed by atoms with van der Waals surface area (Å²) >= 11 is 1.55. The number of carbonyl (C=O) groups is 3. The number of ether oxygens (including phenoxy) is 1. The van der Waals surface area contributed by atoms with Gasteiger partial charge in [0.1, 0.15) is 5.75 Å². The van der Waals surface area contributed by atoms with E-state index in [9.17, 15) is 14.4 Å². The predicted octanol–water partition coefficient (Wildman–Crippen LogP) is 5.82. The fraction of sp³-hybridized carbons (Fsp3) is 0.281. The van der Waals surface area contributed by atoms with E-state index in [2.05, 4.69) is 23.6 Å². The number of hydrogen-bond acceptors (Lipinski definition) is 5. The topological polar surface area (TPSA) is 87.7 Å². The molecule has 1 aliphatic heterocycles. The third-order valence-electron chi connectivity index (χ3n) is 7.04. The molecular formula is C32H33N3O4S. The minimum Gasteiger partial charge on any atom is -0.497 e. The third kappa shape index (κ3) is 6.69. The summed E-state index contributed by atoms with van der Waals surface area (Å²) in [6.07, 6.45) is 10.9. The van der Waals surface area contributed by atoms with Crippen LogP contribution in [-0.2, 0) is 6.42 Å². The maximum atomic E-state index is 13.5.